The van der Waals surface area contributed by atoms with E-state index in [0.717, 1.165) is 5.56 Å². The molecule has 0 atom stereocenters. The molecule has 0 N–H and O–H groups in total. The molecule has 0 radical (unpaired) electrons. The van der Waals surface area contributed by atoms with Crippen LogP contribution in [0.25, 0.3) is 88.0 Å². The Balaban J connectivity index is 1.46. The minimum Gasteiger partial charge on any atom is -0.456 e. The molecule has 0 spiro atoms. The number of fused-ring (bicyclic) bond motifs is 6. The Morgan fingerprint density at radius 3 is 1.72 bits per heavy atom. The lowest BCUT2D eigenvalue weighted by Gasteiger charge is -2.44. The molecule has 0 amide bonds. The van der Waals surface area contributed by atoms with Crippen molar-refractivity contribution >= 4 is 43.5 Å². The van der Waals surface area contributed by atoms with Crippen molar-refractivity contribution in [1.29, 1.82) is 0 Å². The maximum absolute atomic E-state index is 9.86. The Bertz CT molecular complexity index is 3790. The summed E-state index contributed by atoms with van der Waals surface area (Å²) >= 11 is 0. The summed E-state index contributed by atoms with van der Waals surface area (Å²) in [5.41, 5.74) is 1.22. The maximum atomic E-state index is 9.86. The standard InChI is InChI=1S/C52H42O/c1-51(2)30-31-52(3,4)50-43(51)29-28-36(34-18-9-6-10-19-34)49(50)48-39-22-13-11-20-37(39)46(38-21-12-14-23-40(38)48)42-24-15-25-44-47(42)41-27-26-35(32-45(41)53-44)33-16-7-5-8-17-33/h5-29,32H,30-31H2,1-4H3/i5D,6D,7D,8D,9D,10D,11D,12D,13D,14D,16D,17D,18D,19D,20D,21D,22D,23D. The zero-order chi connectivity index (χ0) is 51.6. The Morgan fingerprint density at radius 1 is 0.472 bits per heavy atom. The summed E-state index contributed by atoms with van der Waals surface area (Å²) in [6, 6.07) is 3.12. The molecule has 8 aromatic carbocycles. The fourth-order valence-electron chi connectivity index (χ4n) is 8.34. The van der Waals surface area contributed by atoms with Gasteiger partial charge in [0.2, 0.25) is 0 Å². The van der Waals surface area contributed by atoms with E-state index in [4.69, 9.17) is 18.1 Å². The van der Waals surface area contributed by atoms with Crippen LogP contribution in [0.5, 0.6) is 0 Å². The third-order valence-corrected chi connectivity index (χ3v) is 10.9. The Kier molecular flexibility index (Phi) is 4.06. The van der Waals surface area contributed by atoms with Crippen LogP contribution in [0.2, 0.25) is 0 Å². The van der Waals surface area contributed by atoms with Gasteiger partial charge in [-0.25, -0.2) is 0 Å². The van der Waals surface area contributed by atoms with Gasteiger partial charge in [-0.1, -0.05) is 167 Å². The average molecular weight is 701 g/mol. The van der Waals surface area contributed by atoms with Crippen molar-refractivity contribution in [1.82, 2.24) is 0 Å². The quantitative estimate of drug-likeness (QED) is 0.167. The first-order valence-electron chi connectivity index (χ1n) is 26.5. The Hall–Kier alpha value is -5.92. The summed E-state index contributed by atoms with van der Waals surface area (Å²) in [4.78, 5) is 0. The fourth-order valence-corrected chi connectivity index (χ4v) is 8.34. The molecule has 0 bridgehead atoms. The monoisotopic (exact) mass is 700 g/mol. The number of hydrogen-bond donors (Lipinski definition) is 0. The van der Waals surface area contributed by atoms with Gasteiger partial charge in [-0.15, -0.1) is 0 Å². The molecule has 0 saturated heterocycles. The molecule has 1 nitrogen and oxygen atoms in total. The van der Waals surface area contributed by atoms with E-state index in [0.29, 0.717) is 29.2 Å². The zero-order valence-corrected chi connectivity index (χ0v) is 29.4. The van der Waals surface area contributed by atoms with Crippen LogP contribution in [0.15, 0.2) is 162 Å². The molecule has 0 unspecified atom stereocenters. The van der Waals surface area contributed by atoms with Gasteiger partial charge in [-0.3, -0.25) is 0 Å². The van der Waals surface area contributed by atoms with Crippen LogP contribution in [0, 0.1) is 0 Å². The van der Waals surface area contributed by atoms with E-state index in [2.05, 4.69) is 13.8 Å². The Morgan fingerprint density at radius 2 is 1.06 bits per heavy atom. The van der Waals surface area contributed by atoms with Crippen LogP contribution in [0.4, 0.5) is 0 Å². The third-order valence-electron chi connectivity index (χ3n) is 10.9. The van der Waals surface area contributed by atoms with Gasteiger partial charge in [0, 0.05) is 10.8 Å². The molecular weight excluding hydrogens is 641 g/mol. The summed E-state index contributed by atoms with van der Waals surface area (Å²) in [5, 5.41) is 0.335. The van der Waals surface area contributed by atoms with Crippen molar-refractivity contribution in [2.24, 2.45) is 0 Å². The second kappa shape index (κ2) is 11.8. The number of hydrogen-bond acceptors (Lipinski definition) is 1. The molecule has 1 aliphatic rings. The molecule has 1 aromatic heterocycles. The van der Waals surface area contributed by atoms with Crippen LogP contribution in [0.1, 0.15) is 76.3 Å². The fraction of sp³-hybridized carbons (Fsp3) is 0.154. The van der Waals surface area contributed by atoms with Crippen LogP contribution in [-0.2, 0) is 10.8 Å². The van der Waals surface area contributed by atoms with E-state index in [-0.39, 0.29) is 77.2 Å². The minimum absolute atomic E-state index is 0.0188. The summed E-state index contributed by atoms with van der Waals surface area (Å²) in [7, 11) is 0. The first-order chi connectivity index (χ1) is 33.3. The number of furan rings is 1. The van der Waals surface area contributed by atoms with Gasteiger partial charge in [0.1, 0.15) is 11.2 Å². The average Bonchev–Trinajstić information content (AvgIpc) is 3.72. The van der Waals surface area contributed by atoms with Crippen molar-refractivity contribution in [3.8, 4) is 44.5 Å². The van der Waals surface area contributed by atoms with E-state index in [1.54, 1.807) is 36.4 Å². The van der Waals surface area contributed by atoms with E-state index >= 15 is 0 Å². The van der Waals surface area contributed by atoms with Crippen molar-refractivity contribution < 1.29 is 29.1 Å². The first-order valence-corrected chi connectivity index (χ1v) is 17.5. The lowest BCUT2D eigenvalue weighted by Crippen LogP contribution is -2.34. The van der Waals surface area contributed by atoms with Crippen molar-refractivity contribution in [3.63, 3.8) is 0 Å². The SMILES string of the molecule is [2H]c1c([2H])c([2H])c(-c2ccc3c(c2)oc2cccc(-c4c5c([2H])c([2H])c([2H])c([2H])c5c(-c5c(-c6c([2H])c([2H])c([2H])c([2H])c6[2H])ccc6c5C(C)(C)CCC6(C)C)c5c([2H])c([2H])c([2H])c([2H])c45)c23)c([2H])c1[2H]. The van der Waals surface area contributed by atoms with Crippen molar-refractivity contribution in [2.75, 3.05) is 0 Å². The lowest BCUT2D eigenvalue weighted by molar-refractivity contribution is 0.333. The molecule has 0 saturated carbocycles. The highest BCUT2D eigenvalue weighted by Crippen LogP contribution is 2.55. The van der Waals surface area contributed by atoms with Gasteiger partial charge >= 0.3 is 0 Å². The predicted octanol–water partition coefficient (Wildman–Crippen LogP) is 14.9. The smallest absolute Gasteiger partial charge is 0.136 e. The van der Waals surface area contributed by atoms with E-state index in [9.17, 15) is 11.0 Å². The topological polar surface area (TPSA) is 13.1 Å². The molecule has 0 aliphatic heterocycles. The number of benzene rings is 8. The molecule has 256 valence electrons. The molecule has 53 heavy (non-hydrogen) atoms. The van der Waals surface area contributed by atoms with Gasteiger partial charge < -0.3 is 4.42 Å². The summed E-state index contributed by atoms with van der Waals surface area (Å²) in [5.74, 6) is 0. The normalized spacial score (nSPS) is 19.7. The van der Waals surface area contributed by atoms with Gasteiger partial charge in [-0.05, 0) is 119 Å². The molecule has 1 heteroatoms. The van der Waals surface area contributed by atoms with Gasteiger partial charge in [0.25, 0.3) is 0 Å². The second-order valence-corrected chi connectivity index (χ2v) is 14.9. The maximum Gasteiger partial charge on any atom is 0.136 e. The van der Waals surface area contributed by atoms with Crippen LogP contribution >= 0.6 is 0 Å². The molecule has 0 fully saturated rings. The van der Waals surface area contributed by atoms with Gasteiger partial charge in [0.05, 0.1) is 24.7 Å². The molecule has 1 heterocycles. The van der Waals surface area contributed by atoms with Crippen LogP contribution < -0.4 is 0 Å². The lowest BCUT2D eigenvalue weighted by atomic mass is 9.60. The molecule has 10 rings (SSSR count). The van der Waals surface area contributed by atoms with E-state index in [1.165, 1.54) is 6.07 Å². The van der Waals surface area contributed by atoms with E-state index in [1.807, 2.05) is 19.9 Å². The minimum atomic E-state index is -0.757. The first kappa shape index (κ1) is 18.2. The highest BCUT2D eigenvalue weighted by molar-refractivity contribution is 6.26. The summed E-state index contributed by atoms with van der Waals surface area (Å²) in [6.07, 6.45) is 1.30. The predicted molar refractivity (Wildman–Crippen MR) is 226 cm³/mol. The Labute approximate surface area is 336 Å². The van der Waals surface area contributed by atoms with E-state index < -0.39 is 120 Å². The molecule has 1 aliphatic carbocycles. The number of rotatable bonds is 4. The third kappa shape index (κ3) is 4.91. The zero-order valence-electron chi connectivity index (χ0n) is 47.4. The molecule has 9 aromatic rings. The highest BCUT2D eigenvalue weighted by atomic mass is 16.3. The second-order valence-electron chi connectivity index (χ2n) is 14.9. The summed E-state index contributed by atoms with van der Waals surface area (Å²) in [6.45, 7) is 8.09. The summed E-state index contributed by atoms with van der Waals surface area (Å²) < 4.78 is 169. The molecular formula is C52H42O. The largest absolute Gasteiger partial charge is 0.456 e. The van der Waals surface area contributed by atoms with Crippen LogP contribution in [-0.4, -0.2) is 0 Å². The highest BCUT2D eigenvalue weighted by Gasteiger charge is 2.40. The van der Waals surface area contributed by atoms with Crippen molar-refractivity contribution in [3.05, 3.63) is 168 Å². The van der Waals surface area contributed by atoms with Gasteiger partial charge in [0.15, 0.2) is 0 Å². The van der Waals surface area contributed by atoms with Crippen molar-refractivity contribution in [2.45, 2.75) is 51.4 Å². The van der Waals surface area contributed by atoms with Gasteiger partial charge in [-0.2, -0.15) is 0 Å². The van der Waals surface area contributed by atoms with Crippen LogP contribution in [0.3, 0.4) is 0 Å².